The third-order valence-electron chi connectivity index (χ3n) is 5.07. The summed E-state index contributed by atoms with van der Waals surface area (Å²) in [6.45, 7) is 2.15. The summed E-state index contributed by atoms with van der Waals surface area (Å²) in [6.07, 6.45) is 0. The van der Waals surface area contributed by atoms with E-state index in [2.05, 4.69) is 79.7 Å². The van der Waals surface area contributed by atoms with Crippen LogP contribution < -0.4 is 0 Å². The SMILES string of the molecule is Cc1c2oc(-c3ccccc3)cc(-c3ccccc3)c-2c2ccccc12. The summed E-state index contributed by atoms with van der Waals surface area (Å²) in [5.74, 6) is 1.88. The van der Waals surface area contributed by atoms with Gasteiger partial charge in [0, 0.05) is 16.7 Å². The maximum absolute atomic E-state index is 6.43. The van der Waals surface area contributed by atoms with Crippen LogP contribution in [0.15, 0.2) is 95.4 Å². The van der Waals surface area contributed by atoms with E-state index in [1.807, 2.05) is 18.2 Å². The van der Waals surface area contributed by atoms with E-state index in [0.717, 1.165) is 17.1 Å². The lowest BCUT2D eigenvalue weighted by molar-refractivity contribution is 0.581. The molecular formula is C25H18O. The largest absolute Gasteiger partial charge is 0.456 e. The first-order valence-corrected chi connectivity index (χ1v) is 8.88. The molecule has 1 heterocycles. The summed E-state index contributed by atoms with van der Waals surface area (Å²) in [6, 6.07) is 31.6. The summed E-state index contributed by atoms with van der Waals surface area (Å²) in [5.41, 5.74) is 5.92. The second-order valence-electron chi connectivity index (χ2n) is 6.63. The fraction of sp³-hybridized carbons (Fsp3) is 0.0400. The minimum absolute atomic E-state index is 0.898. The fourth-order valence-electron chi connectivity index (χ4n) is 3.79. The molecule has 0 spiro atoms. The van der Waals surface area contributed by atoms with E-state index in [1.165, 1.54) is 33.0 Å². The Kier molecular flexibility index (Phi) is 3.39. The molecule has 1 heteroatoms. The van der Waals surface area contributed by atoms with Gasteiger partial charge in [0.1, 0.15) is 11.5 Å². The van der Waals surface area contributed by atoms with Gasteiger partial charge < -0.3 is 4.42 Å². The normalized spacial score (nSPS) is 11.3. The van der Waals surface area contributed by atoms with Crippen LogP contribution >= 0.6 is 0 Å². The van der Waals surface area contributed by atoms with E-state index >= 15 is 0 Å². The molecule has 0 radical (unpaired) electrons. The number of benzene rings is 3. The molecule has 124 valence electrons. The molecule has 0 saturated heterocycles. The highest BCUT2D eigenvalue weighted by Crippen LogP contribution is 2.46. The van der Waals surface area contributed by atoms with Crippen molar-refractivity contribution in [1.29, 1.82) is 0 Å². The Morgan fingerprint density at radius 3 is 1.88 bits per heavy atom. The van der Waals surface area contributed by atoms with Gasteiger partial charge in [-0.25, -0.2) is 0 Å². The molecule has 1 aliphatic carbocycles. The maximum atomic E-state index is 6.43. The molecule has 3 aromatic carbocycles. The Morgan fingerprint density at radius 1 is 0.615 bits per heavy atom. The van der Waals surface area contributed by atoms with Gasteiger partial charge in [-0.15, -0.1) is 0 Å². The average molecular weight is 334 g/mol. The highest BCUT2D eigenvalue weighted by molar-refractivity contribution is 6.09. The Bertz CT molecular complexity index is 1170. The molecule has 3 aromatic rings. The highest BCUT2D eigenvalue weighted by atomic mass is 16.3. The molecule has 1 nitrogen and oxygen atoms in total. The van der Waals surface area contributed by atoms with E-state index in [0.29, 0.717) is 0 Å². The Balaban J connectivity index is 1.92. The number of hydrogen-bond donors (Lipinski definition) is 0. The topological polar surface area (TPSA) is 13.1 Å². The Hall–Kier alpha value is -3.32. The lowest BCUT2D eigenvalue weighted by Gasteiger charge is -2.13. The van der Waals surface area contributed by atoms with Gasteiger partial charge in [-0.2, -0.15) is 0 Å². The van der Waals surface area contributed by atoms with Gasteiger partial charge in [0.2, 0.25) is 0 Å². The minimum Gasteiger partial charge on any atom is -0.456 e. The smallest absolute Gasteiger partial charge is 0.139 e. The van der Waals surface area contributed by atoms with Crippen molar-refractivity contribution in [2.45, 2.75) is 6.92 Å². The van der Waals surface area contributed by atoms with Gasteiger partial charge in [-0.3, -0.25) is 0 Å². The third-order valence-corrected chi connectivity index (χ3v) is 5.07. The maximum Gasteiger partial charge on any atom is 0.139 e. The molecule has 26 heavy (non-hydrogen) atoms. The van der Waals surface area contributed by atoms with Gasteiger partial charge in [0.05, 0.1) is 0 Å². The predicted molar refractivity (Wildman–Crippen MR) is 108 cm³/mol. The van der Waals surface area contributed by atoms with Crippen LogP contribution in [0, 0.1) is 6.92 Å². The van der Waals surface area contributed by atoms with Crippen molar-refractivity contribution in [3.05, 3.63) is 96.6 Å². The molecule has 5 rings (SSSR count). The molecule has 0 saturated carbocycles. The van der Waals surface area contributed by atoms with E-state index < -0.39 is 0 Å². The molecule has 0 bridgehead atoms. The zero-order valence-corrected chi connectivity index (χ0v) is 14.6. The van der Waals surface area contributed by atoms with Gasteiger partial charge in [0.25, 0.3) is 0 Å². The first-order chi connectivity index (χ1) is 12.8. The Labute approximate surface area is 152 Å². The summed E-state index contributed by atoms with van der Waals surface area (Å²) in [5, 5.41) is 2.51. The van der Waals surface area contributed by atoms with Crippen molar-refractivity contribution in [2.75, 3.05) is 0 Å². The van der Waals surface area contributed by atoms with Gasteiger partial charge in [-0.1, -0.05) is 84.9 Å². The monoisotopic (exact) mass is 334 g/mol. The molecule has 2 aliphatic rings. The second kappa shape index (κ2) is 5.89. The quantitative estimate of drug-likeness (QED) is 0.333. The van der Waals surface area contributed by atoms with Crippen molar-refractivity contribution in [2.24, 2.45) is 0 Å². The number of aryl methyl sites for hydroxylation is 1. The second-order valence-corrected chi connectivity index (χ2v) is 6.63. The fourth-order valence-corrected chi connectivity index (χ4v) is 3.79. The van der Waals surface area contributed by atoms with Crippen LogP contribution in [-0.4, -0.2) is 0 Å². The van der Waals surface area contributed by atoms with Crippen LogP contribution in [0.5, 0.6) is 0 Å². The average Bonchev–Trinajstić information content (AvgIpc) is 3.01. The number of rotatable bonds is 2. The van der Waals surface area contributed by atoms with Crippen molar-refractivity contribution >= 4 is 10.8 Å². The molecule has 0 N–H and O–H groups in total. The molecule has 0 fully saturated rings. The standard InChI is InChI=1S/C25H18O/c1-17-20-14-8-9-15-21(20)24-22(18-10-4-2-5-11-18)16-23(26-25(17)24)19-12-6-3-7-13-19/h2-16H,1H3. The zero-order chi connectivity index (χ0) is 17.5. The van der Waals surface area contributed by atoms with E-state index in [-0.39, 0.29) is 0 Å². The Morgan fingerprint density at radius 2 is 1.19 bits per heavy atom. The van der Waals surface area contributed by atoms with Crippen LogP contribution in [0.1, 0.15) is 5.56 Å². The minimum atomic E-state index is 0.898. The van der Waals surface area contributed by atoms with Gasteiger partial charge in [-0.05, 0) is 34.9 Å². The van der Waals surface area contributed by atoms with Crippen molar-refractivity contribution < 1.29 is 4.42 Å². The van der Waals surface area contributed by atoms with Gasteiger partial charge in [0.15, 0.2) is 0 Å². The van der Waals surface area contributed by atoms with Crippen LogP contribution in [-0.2, 0) is 0 Å². The van der Waals surface area contributed by atoms with Crippen LogP contribution in [0.25, 0.3) is 44.5 Å². The van der Waals surface area contributed by atoms with Crippen LogP contribution in [0.4, 0.5) is 0 Å². The van der Waals surface area contributed by atoms with Crippen LogP contribution in [0.3, 0.4) is 0 Å². The first kappa shape index (κ1) is 15.0. The van der Waals surface area contributed by atoms with E-state index in [9.17, 15) is 0 Å². The molecular weight excluding hydrogens is 316 g/mol. The van der Waals surface area contributed by atoms with E-state index in [4.69, 9.17) is 4.42 Å². The predicted octanol–water partition coefficient (Wildman–Crippen LogP) is 7.18. The number of hydrogen-bond acceptors (Lipinski definition) is 1. The third kappa shape index (κ3) is 2.25. The summed E-state index contributed by atoms with van der Waals surface area (Å²) < 4.78 is 6.43. The first-order valence-electron chi connectivity index (χ1n) is 8.88. The molecule has 0 aromatic heterocycles. The molecule has 0 atom stereocenters. The zero-order valence-electron chi connectivity index (χ0n) is 14.6. The molecule has 0 unspecified atom stereocenters. The van der Waals surface area contributed by atoms with Crippen molar-refractivity contribution in [3.63, 3.8) is 0 Å². The lowest BCUT2D eigenvalue weighted by atomic mass is 9.96. The van der Waals surface area contributed by atoms with Crippen LogP contribution in [0.2, 0.25) is 0 Å². The number of fused-ring (bicyclic) bond motifs is 3. The summed E-state index contributed by atoms with van der Waals surface area (Å²) in [7, 11) is 0. The lowest BCUT2D eigenvalue weighted by Crippen LogP contribution is -1.88. The van der Waals surface area contributed by atoms with Gasteiger partial charge >= 0.3 is 0 Å². The van der Waals surface area contributed by atoms with E-state index in [1.54, 1.807) is 0 Å². The van der Waals surface area contributed by atoms with Crippen molar-refractivity contribution in [3.8, 4) is 33.8 Å². The highest BCUT2D eigenvalue weighted by Gasteiger charge is 2.23. The van der Waals surface area contributed by atoms with Crippen molar-refractivity contribution in [1.82, 2.24) is 0 Å². The molecule has 0 amide bonds. The molecule has 1 aliphatic heterocycles. The summed E-state index contributed by atoms with van der Waals surface area (Å²) in [4.78, 5) is 0. The summed E-state index contributed by atoms with van der Waals surface area (Å²) >= 11 is 0.